The second-order valence-corrected chi connectivity index (χ2v) is 10.1. The molecule has 3 aliphatic rings. The first-order valence-corrected chi connectivity index (χ1v) is 12.7. The lowest BCUT2D eigenvalue weighted by atomic mass is 9.77. The van der Waals surface area contributed by atoms with E-state index < -0.39 is 24.5 Å². The van der Waals surface area contributed by atoms with Crippen LogP contribution in [0.3, 0.4) is 0 Å². The molecule has 7 nitrogen and oxygen atoms in total. The summed E-state index contributed by atoms with van der Waals surface area (Å²) in [6.07, 6.45) is 5.38. The largest absolute Gasteiger partial charge is 0.454 e. The highest BCUT2D eigenvalue weighted by Gasteiger charge is 2.44. The maximum atomic E-state index is 13.3. The first kappa shape index (κ1) is 24.5. The van der Waals surface area contributed by atoms with Crippen molar-refractivity contribution < 1.29 is 19.1 Å². The quantitative estimate of drug-likeness (QED) is 0.560. The Bertz CT molecular complexity index is 1260. The van der Waals surface area contributed by atoms with E-state index >= 15 is 0 Å². The fourth-order valence-electron chi connectivity index (χ4n) is 5.09. The van der Waals surface area contributed by atoms with Crippen molar-refractivity contribution >= 4 is 52.8 Å². The van der Waals surface area contributed by atoms with Crippen LogP contribution < -0.4 is 5.32 Å². The Morgan fingerprint density at radius 3 is 2.61 bits per heavy atom. The number of fused-ring (bicyclic) bond motifs is 1. The van der Waals surface area contributed by atoms with Gasteiger partial charge in [-0.25, -0.2) is 9.80 Å². The monoisotopic (exact) mass is 525 g/mol. The summed E-state index contributed by atoms with van der Waals surface area (Å²) in [7, 11) is 0. The van der Waals surface area contributed by atoms with E-state index in [0.717, 1.165) is 41.7 Å². The fourth-order valence-corrected chi connectivity index (χ4v) is 5.41. The van der Waals surface area contributed by atoms with Crippen molar-refractivity contribution in [3.63, 3.8) is 0 Å². The lowest BCUT2D eigenvalue weighted by molar-refractivity contribution is -0.154. The number of halogens is 2. The Balaban J connectivity index is 1.42. The van der Waals surface area contributed by atoms with Gasteiger partial charge in [0.2, 0.25) is 5.91 Å². The van der Waals surface area contributed by atoms with E-state index in [0.29, 0.717) is 16.5 Å². The molecular weight excluding hydrogens is 501 g/mol. The van der Waals surface area contributed by atoms with Crippen LogP contribution in [0.25, 0.3) is 6.08 Å². The number of esters is 1. The molecule has 2 aliphatic heterocycles. The first-order valence-electron chi connectivity index (χ1n) is 12.0. The predicted molar refractivity (Wildman–Crippen MR) is 137 cm³/mol. The maximum absolute atomic E-state index is 13.3. The van der Waals surface area contributed by atoms with Crippen molar-refractivity contribution in [1.29, 1.82) is 0 Å². The second-order valence-electron chi connectivity index (χ2n) is 9.21. The molecule has 3 atom stereocenters. The van der Waals surface area contributed by atoms with Crippen molar-refractivity contribution in [1.82, 2.24) is 10.3 Å². The smallest absolute Gasteiger partial charge is 0.329 e. The molecule has 1 saturated heterocycles. The number of nitrogens with zero attached hydrogens (tertiary/aromatic N) is 2. The molecule has 2 fully saturated rings. The third-order valence-corrected chi connectivity index (χ3v) is 7.26. The molecule has 2 amide bonds. The van der Waals surface area contributed by atoms with Gasteiger partial charge >= 0.3 is 5.97 Å². The predicted octanol–water partition coefficient (Wildman–Crippen LogP) is 4.94. The Morgan fingerprint density at radius 2 is 1.89 bits per heavy atom. The van der Waals surface area contributed by atoms with Gasteiger partial charge in [-0.3, -0.25) is 9.59 Å². The summed E-state index contributed by atoms with van der Waals surface area (Å²) in [5.74, 6) is -1.22. The minimum Gasteiger partial charge on any atom is -0.454 e. The number of amides is 2. The minimum atomic E-state index is -0.711. The van der Waals surface area contributed by atoms with Crippen LogP contribution in [-0.2, 0) is 19.1 Å². The van der Waals surface area contributed by atoms with Crippen molar-refractivity contribution in [3.05, 3.63) is 75.3 Å². The van der Waals surface area contributed by atoms with Crippen molar-refractivity contribution in [3.8, 4) is 0 Å². The number of rotatable bonds is 5. The number of hydrogen-bond acceptors (Lipinski definition) is 5. The van der Waals surface area contributed by atoms with Gasteiger partial charge in [0, 0.05) is 22.4 Å². The molecule has 2 aromatic rings. The lowest BCUT2D eigenvalue weighted by Gasteiger charge is -2.29. The van der Waals surface area contributed by atoms with E-state index in [9.17, 15) is 14.4 Å². The van der Waals surface area contributed by atoms with Gasteiger partial charge in [-0.1, -0.05) is 47.5 Å². The highest BCUT2D eigenvalue weighted by atomic mass is 35.5. The molecule has 2 aromatic carbocycles. The highest BCUT2D eigenvalue weighted by Crippen LogP contribution is 2.44. The summed E-state index contributed by atoms with van der Waals surface area (Å²) in [6, 6.07) is 14.0. The molecule has 3 unspecified atom stereocenters. The molecule has 1 aliphatic carbocycles. The van der Waals surface area contributed by atoms with Crippen LogP contribution in [0, 0.1) is 5.92 Å². The van der Waals surface area contributed by atoms with Gasteiger partial charge in [-0.15, -0.1) is 0 Å². The van der Waals surface area contributed by atoms with E-state index in [1.165, 1.54) is 5.01 Å². The molecule has 0 bridgehead atoms. The molecule has 0 spiro atoms. The van der Waals surface area contributed by atoms with Gasteiger partial charge in [-0.2, -0.15) is 5.10 Å². The summed E-state index contributed by atoms with van der Waals surface area (Å²) in [5.41, 5.74) is 3.81. The van der Waals surface area contributed by atoms with Gasteiger partial charge in [0.1, 0.15) is 6.04 Å². The van der Waals surface area contributed by atoms with E-state index in [1.54, 1.807) is 12.1 Å². The van der Waals surface area contributed by atoms with E-state index in [-0.39, 0.29) is 24.3 Å². The minimum absolute atomic E-state index is 0.000804. The Morgan fingerprint density at radius 1 is 1.08 bits per heavy atom. The molecule has 9 heteroatoms. The van der Waals surface area contributed by atoms with E-state index in [2.05, 4.69) is 11.4 Å². The fraction of sp³-hybridized carbons (Fsp3) is 0.333. The average molecular weight is 526 g/mol. The zero-order valence-corrected chi connectivity index (χ0v) is 21.0. The van der Waals surface area contributed by atoms with Gasteiger partial charge in [0.25, 0.3) is 5.91 Å². The van der Waals surface area contributed by atoms with Crippen LogP contribution in [0.2, 0.25) is 10.0 Å². The number of carbonyl (C=O) groups is 3. The molecule has 2 heterocycles. The average Bonchev–Trinajstić information content (AvgIpc) is 3.47. The van der Waals surface area contributed by atoms with Crippen LogP contribution in [0.5, 0.6) is 0 Å². The standard InChI is InChI=1S/C27H25Cl2N3O4/c28-19-9-7-17(8-10-19)26-21-6-2-4-18(13-16-3-1-5-20(29)14-16)25(21)31-32(26)24(34)15-36-27(35)22-11-12-23(33)30-22/h1,3,5,7-10,13-14,21-22,26H,2,4,6,11-12,15H2,(H,30,33). The third kappa shape index (κ3) is 5.18. The molecular formula is C27H25Cl2N3O4. The zero-order valence-electron chi connectivity index (χ0n) is 19.5. The molecule has 1 saturated carbocycles. The Kier molecular flexibility index (Phi) is 7.12. The number of hydrazone groups is 1. The number of ether oxygens (including phenoxy) is 1. The number of hydrogen-bond donors (Lipinski definition) is 1. The van der Waals surface area contributed by atoms with Gasteiger partial charge in [0.05, 0.1) is 11.8 Å². The van der Waals surface area contributed by atoms with Crippen molar-refractivity contribution in [2.24, 2.45) is 11.0 Å². The van der Waals surface area contributed by atoms with Gasteiger partial charge in [-0.05, 0) is 72.7 Å². The summed E-state index contributed by atoms with van der Waals surface area (Å²) in [5, 5.41) is 10.1. The maximum Gasteiger partial charge on any atom is 0.329 e. The Hall–Kier alpha value is -3.16. The van der Waals surface area contributed by atoms with Crippen LogP contribution in [0.1, 0.15) is 49.3 Å². The molecule has 186 valence electrons. The molecule has 0 aromatic heterocycles. The summed E-state index contributed by atoms with van der Waals surface area (Å²) >= 11 is 12.3. The normalized spacial score (nSPS) is 24.3. The van der Waals surface area contributed by atoms with E-state index in [1.807, 2.05) is 36.4 Å². The highest BCUT2D eigenvalue weighted by molar-refractivity contribution is 6.31. The molecule has 0 radical (unpaired) electrons. The summed E-state index contributed by atoms with van der Waals surface area (Å²) < 4.78 is 5.28. The number of benzene rings is 2. The van der Waals surface area contributed by atoms with Crippen LogP contribution in [0.4, 0.5) is 0 Å². The van der Waals surface area contributed by atoms with Gasteiger partial charge < -0.3 is 10.1 Å². The second kappa shape index (κ2) is 10.4. The number of allylic oxidation sites excluding steroid dienone is 1. The van der Waals surface area contributed by atoms with Crippen molar-refractivity contribution in [2.45, 2.75) is 44.2 Å². The SMILES string of the molecule is O=C1CCC(C(=O)OCC(=O)N2N=C3C(=Cc4cccc(Cl)c4)CCCC3C2c2ccc(Cl)cc2)N1. The topological polar surface area (TPSA) is 88.1 Å². The van der Waals surface area contributed by atoms with Crippen LogP contribution >= 0.6 is 23.2 Å². The van der Waals surface area contributed by atoms with Gasteiger partial charge in [0.15, 0.2) is 6.61 Å². The number of nitrogens with one attached hydrogen (secondary N) is 1. The zero-order chi connectivity index (χ0) is 25.2. The summed E-state index contributed by atoms with van der Waals surface area (Å²) in [4.78, 5) is 37.1. The molecule has 1 N–H and O–H groups in total. The first-order chi connectivity index (χ1) is 17.4. The number of carbonyl (C=O) groups excluding carboxylic acids is 3. The lowest BCUT2D eigenvalue weighted by Crippen LogP contribution is -2.38. The molecule has 5 rings (SSSR count). The third-order valence-electron chi connectivity index (χ3n) is 6.78. The summed E-state index contributed by atoms with van der Waals surface area (Å²) in [6.45, 7) is -0.452. The van der Waals surface area contributed by atoms with Crippen LogP contribution in [0.15, 0.2) is 59.2 Å². The molecule has 36 heavy (non-hydrogen) atoms. The Labute approximate surface area is 219 Å². The van der Waals surface area contributed by atoms with E-state index in [4.69, 9.17) is 33.0 Å². The van der Waals surface area contributed by atoms with Crippen molar-refractivity contribution in [2.75, 3.05) is 6.61 Å². The van der Waals surface area contributed by atoms with Crippen LogP contribution in [-0.4, -0.2) is 41.2 Å².